The number of nitrogens with one attached hydrogen (secondary N) is 1. The van der Waals surface area contributed by atoms with Gasteiger partial charge < -0.3 is 15.3 Å². The molecule has 0 aromatic carbocycles. The van der Waals surface area contributed by atoms with Crippen molar-refractivity contribution in [2.45, 2.75) is 39.8 Å². The van der Waals surface area contributed by atoms with Gasteiger partial charge in [0.25, 0.3) is 0 Å². The fraction of sp³-hybridized carbons (Fsp3) is 0.571. The van der Waals surface area contributed by atoms with Gasteiger partial charge in [-0.3, -0.25) is 9.78 Å². The van der Waals surface area contributed by atoms with E-state index in [1.165, 1.54) is 0 Å². The highest BCUT2D eigenvalue weighted by Crippen LogP contribution is 2.15. The van der Waals surface area contributed by atoms with Crippen molar-refractivity contribution in [3.63, 3.8) is 0 Å². The van der Waals surface area contributed by atoms with Crippen LogP contribution in [-0.4, -0.2) is 35.1 Å². The Morgan fingerprint density at radius 2 is 2.11 bits per heavy atom. The summed E-state index contributed by atoms with van der Waals surface area (Å²) in [6.07, 6.45) is 1.11. The van der Waals surface area contributed by atoms with Gasteiger partial charge >= 0.3 is 0 Å². The number of carbonyl (C=O) groups excluding carboxylic acids is 1. The molecule has 0 unspecified atom stereocenters. The number of aliphatic hydroxyl groups excluding tert-OH is 1. The number of anilines is 1. The van der Waals surface area contributed by atoms with Crippen LogP contribution in [0.25, 0.3) is 0 Å². The minimum absolute atomic E-state index is 0.00328. The summed E-state index contributed by atoms with van der Waals surface area (Å²) in [7, 11) is 0. The van der Waals surface area contributed by atoms with Crippen molar-refractivity contribution in [3.05, 3.63) is 24.0 Å². The smallest absolute Gasteiger partial charge is 0.239 e. The van der Waals surface area contributed by atoms with E-state index in [4.69, 9.17) is 0 Å². The number of hydrogen-bond acceptors (Lipinski definition) is 4. The average Bonchev–Trinajstić information content (AvgIpc) is 2.35. The Balaban J connectivity index is 2.71. The first-order valence-electron chi connectivity index (χ1n) is 6.62. The Morgan fingerprint density at radius 1 is 1.42 bits per heavy atom. The van der Waals surface area contributed by atoms with Gasteiger partial charge in [-0.05, 0) is 39.8 Å². The van der Waals surface area contributed by atoms with Crippen molar-refractivity contribution in [3.8, 4) is 0 Å². The Hall–Kier alpha value is -1.62. The first kappa shape index (κ1) is 15.4. The van der Waals surface area contributed by atoms with Crippen LogP contribution in [0, 0.1) is 0 Å². The molecule has 0 saturated heterocycles. The lowest BCUT2D eigenvalue weighted by Crippen LogP contribution is -2.40. The number of carbonyl (C=O) groups is 1. The molecule has 5 heteroatoms. The van der Waals surface area contributed by atoms with Gasteiger partial charge in [-0.2, -0.15) is 0 Å². The van der Waals surface area contributed by atoms with E-state index in [9.17, 15) is 9.90 Å². The minimum atomic E-state index is -0.576. The lowest BCUT2D eigenvalue weighted by molar-refractivity contribution is -0.120. The van der Waals surface area contributed by atoms with Gasteiger partial charge in [0.1, 0.15) is 0 Å². The third-order valence-electron chi connectivity index (χ3n) is 2.73. The van der Waals surface area contributed by atoms with Crippen LogP contribution < -0.4 is 10.2 Å². The zero-order chi connectivity index (χ0) is 14.4. The molecule has 1 aromatic heterocycles. The van der Waals surface area contributed by atoms with Crippen molar-refractivity contribution in [2.75, 3.05) is 18.0 Å². The third kappa shape index (κ3) is 4.87. The minimum Gasteiger partial charge on any atom is -0.387 e. The van der Waals surface area contributed by atoms with Crippen LogP contribution in [0.3, 0.4) is 0 Å². The maximum atomic E-state index is 11.8. The maximum Gasteiger partial charge on any atom is 0.239 e. The highest BCUT2D eigenvalue weighted by Gasteiger charge is 2.11. The summed E-state index contributed by atoms with van der Waals surface area (Å²) in [5, 5.41) is 12.3. The summed E-state index contributed by atoms with van der Waals surface area (Å²) < 4.78 is 0. The molecule has 106 valence electrons. The predicted molar refractivity (Wildman–Crippen MR) is 76.0 cm³/mol. The maximum absolute atomic E-state index is 11.8. The predicted octanol–water partition coefficient (Wildman–Crippen LogP) is 1.49. The molecule has 0 aliphatic carbocycles. The number of nitrogens with zero attached hydrogens (tertiary/aromatic N) is 2. The first-order chi connectivity index (χ1) is 8.93. The van der Waals surface area contributed by atoms with E-state index in [0.717, 1.165) is 12.2 Å². The van der Waals surface area contributed by atoms with E-state index in [0.29, 0.717) is 12.2 Å². The Labute approximate surface area is 114 Å². The van der Waals surface area contributed by atoms with Gasteiger partial charge in [-0.1, -0.05) is 0 Å². The quantitative estimate of drug-likeness (QED) is 0.818. The van der Waals surface area contributed by atoms with Crippen molar-refractivity contribution in [2.24, 2.45) is 0 Å². The van der Waals surface area contributed by atoms with Crippen LogP contribution in [0.15, 0.2) is 18.3 Å². The van der Waals surface area contributed by atoms with E-state index in [1.807, 2.05) is 31.7 Å². The van der Waals surface area contributed by atoms with Crippen LogP contribution >= 0.6 is 0 Å². The Kier molecular flexibility index (Phi) is 5.76. The average molecular weight is 265 g/mol. The van der Waals surface area contributed by atoms with Gasteiger partial charge in [-0.15, -0.1) is 0 Å². The van der Waals surface area contributed by atoms with E-state index in [1.54, 1.807) is 19.2 Å². The number of rotatable bonds is 6. The molecule has 0 saturated carbocycles. The number of aromatic nitrogens is 1. The molecular weight excluding hydrogens is 242 g/mol. The normalized spacial score (nSPS) is 12.3. The summed E-state index contributed by atoms with van der Waals surface area (Å²) in [5.74, 6) is -0.00328. The van der Waals surface area contributed by atoms with E-state index >= 15 is 0 Å². The number of aliphatic hydroxyl groups is 1. The third-order valence-corrected chi connectivity index (χ3v) is 2.73. The van der Waals surface area contributed by atoms with Crippen molar-refractivity contribution in [1.82, 2.24) is 10.3 Å². The van der Waals surface area contributed by atoms with Gasteiger partial charge in [0, 0.05) is 12.6 Å². The first-order valence-corrected chi connectivity index (χ1v) is 6.62. The molecule has 1 rings (SSSR count). The number of hydrogen-bond donors (Lipinski definition) is 2. The van der Waals surface area contributed by atoms with Gasteiger partial charge in [0.15, 0.2) is 0 Å². The number of likely N-dealkylation sites (N-methyl/N-ethyl adjacent to an activating group) is 1. The molecule has 0 bridgehead atoms. The molecule has 0 aliphatic rings. The lowest BCUT2D eigenvalue weighted by Gasteiger charge is -2.23. The fourth-order valence-electron chi connectivity index (χ4n) is 1.76. The Morgan fingerprint density at radius 3 is 2.53 bits per heavy atom. The van der Waals surface area contributed by atoms with E-state index in [-0.39, 0.29) is 11.9 Å². The fourth-order valence-corrected chi connectivity index (χ4v) is 1.76. The summed E-state index contributed by atoms with van der Waals surface area (Å²) in [5.41, 5.74) is 1.51. The van der Waals surface area contributed by atoms with Crippen molar-refractivity contribution in [1.29, 1.82) is 0 Å². The number of pyridine rings is 1. The Bertz CT molecular complexity index is 402. The summed E-state index contributed by atoms with van der Waals surface area (Å²) >= 11 is 0. The molecule has 2 N–H and O–H groups in total. The molecule has 0 aliphatic heterocycles. The van der Waals surface area contributed by atoms with E-state index < -0.39 is 6.10 Å². The largest absolute Gasteiger partial charge is 0.387 e. The SMILES string of the molecule is CCN(CC(=O)NC(C)C)c1ccc([C@@H](C)O)nc1. The van der Waals surface area contributed by atoms with Crippen molar-refractivity contribution >= 4 is 11.6 Å². The highest BCUT2D eigenvalue weighted by atomic mass is 16.3. The second kappa shape index (κ2) is 7.09. The molecule has 19 heavy (non-hydrogen) atoms. The summed E-state index contributed by atoms with van der Waals surface area (Å²) in [6.45, 7) is 8.58. The molecule has 1 heterocycles. The van der Waals surface area contributed by atoms with Crippen molar-refractivity contribution < 1.29 is 9.90 Å². The molecule has 1 amide bonds. The second-order valence-electron chi connectivity index (χ2n) is 4.85. The molecule has 0 radical (unpaired) electrons. The van der Waals surface area contributed by atoms with Crippen LogP contribution in [0.1, 0.15) is 39.5 Å². The van der Waals surface area contributed by atoms with E-state index in [2.05, 4.69) is 10.3 Å². The highest BCUT2D eigenvalue weighted by molar-refractivity contribution is 5.81. The zero-order valence-corrected chi connectivity index (χ0v) is 12.1. The summed E-state index contributed by atoms with van der Waals surface area (Å²) in [4.78, 5) is 17.9. The topological polar surface area (TPSA) is 65.5 Å². The lowest BCUT2D eigenvalue weighted by atomic mass is 10.2. The molecule has 1 atom stereocenters. The summed E-state index contributed by atoms with van der Waals surface area (Å²) in [6, 6.07) is 3.80. The standard InChI is InChI=1S/C14H23N3O2/c1-5-17(9-14(19)16-10(2)3)12-6-7-13(11(4)18)15-8-12/h6-8,10-11,18H,5,9H2,1-4H3,(H,16,19)/t11-/m1/s1. The van der Waals surface area contributed by atoms with Crippen LogP contribution in [0.4, 0.5) is 5.69 Å². The van der Waals surface area contributed by atoms with Crippen LogP contribution in [-0.2, 0) is 4.79 Å². The molecule has 1 aromatic rings. The van der Waals surface area contributed by atoms with Gasteiger partial charge in [0.05, 0.1) is 30.2 Å². The van der Waals surface area contributed by atoms with Crippen LogP contribution in [0.2, 0.25) is 0 Å². The number of amides is 1. The van der Waals surface area contributed by atoms with Gasteiger partial charge in [-0.25, -0.2) is 0 Å². The molecule has 0 spiro atoms. The second-order valence-corrected chi connectivity index (χ2v) is 4.85. The molecular formula is C14H23N3O2. The molecule has 0 fully saturated rings. The van der Waals surface area contributed by atoms with Gasteiger partial charge in [0.2, 0.25) is 5.91 Å². The zero-order valence-electron chi connectivity index (χ0n) is 12.1. The molecule has 5 nitrogen and oxygen atoms in total. The monoisotopic (exact) mass is 265 g/mol. The van der Waals surface area contributed by atoms with Crippen LogP contribution in [0.5, 0.6) is 0 Å².